The van der Waals surface area contributed by atoms with Gasteiger partial charge < -0.3 is 0 Å². The number of rotatable bonds is 1. The first kappa shape index (κ1) is 14.9. The van der Waals surface area contributed by atoms with Crippen LogP contribution in [0.2, 0.25) is 0 Å². The molecule has 0 unspecified atom stereocenters. The Morgan fingerprint density at radius 1 is 0.900 bits per heavy atom. The van der Waals surface area contributed by atoms with E-state index in [1.54, 1.807) is 6.42 Å². The minimum absolute atomic E-state index is 0.604. The summed E-state index contributed by atoms with van der Waals surface area (Å²) in [5, 5.41) is 0. The van der Waals surface area contributed by atoms with Gasteiger partial charge in [0.05, 0.1) is 0 Å². The Morgan fingerprint density at radius 3 is 2.35 bits per heavy atom. The molecule has 0 saturated heterocycles. The monoisotopic (exact) mass is 276 g/mol. The van der Waals surface area contributed by atoms with Gasteiger partial charge in [-0.25, -0.2) is 0 Å². The number of fused-ring (bicyclic) bond motifs is 3. The molecule has 0 spiro atoms. The molecule has 0 aromatic heterocycles. The fourth-order valence-electron chi connectivity index (χ4n) is 6.80. The molecule has 0 heterocycles. The van der Waals surface area contributed by atoms with Crippen LogP contribution in [-0.2, 0) is 0 Å². The Morgan fingerprint density at radius 2 is 1.65 bits per heavy atom. The highest BCUT2D eigenvalue weighted by Crippen LogP contribution is 2.64. The van der Waals surface area contributed by atoms with E-state index >= 15 is 0 Å². The average molecular weight is 277 g/mol. The van der Waals surface area contributed by atoms with Crippen molar-refractivity contribution in [3.05, 3.63) is 0 Å². The molecule has 3 aliphatic rings. The van der Waals surface area contributed by atoms with E-state index in [0.29, 0.717) is 10.8 Å². The molecule has 0 radical (unpaired) electrons. The normalized spacial score (nSPS) is 47.7. The van der Waals surface area contributed by atoms with Crippen LogP contribution in [0.5, 0.6) is 0 Å². The Kier molecular flexibility index (Phi) is 3.75. The lowest BCUT2D eigenvalue weighted by Gasteiger charge is -2.61. The fraction of sp³-hybridized carbons (Fsp3) is 1.00. The van der Waals surface area contributed by atoms with Crippen LogP contribution in [0.1, 0.15) is 86.0 Å². The van der Waals surface area contributed by atoms with E-state index < -0.39 is 0 Å². The second-order valence-electron chi connectivity index (χ2n) is 9.66. The molecule has 5 atom stereocenters. The summed E-state index contributed by atoms with van der Waals surface area (Å²) in [5.74, 6) is 5.04. The van der Waals surface area contributed by atoms with Gasteiger partial charge in [0.25, 0.3) is 0 Å². The Hall–Kier alpha value is 0. The summed E-state index contributed by atoms with van der Waals surface area (Å²) in [7, 11) is 0. The third-order valence-corrected chi connectivity index (χ3v) is 7.91. The molecule has 3 saturated carbocycles. The zero-order valence-electron chi connectivity index (χ0n) is 14.5. The molecule has 20 heavy (non-hydrogen) atoms. The van der Waals surface area contributed by atoms with E-state index in [2.05, 4.69) is 34.6 Å². The van der Waals surface area contributed by atoms with Crippen molar-refractivity contribution in [3.63, 3.8) is 0 Å². The van der Waals surface area contributed by atoms with Gasteiger partial charge in [0.2, 0.25) is 0 Å². The third kappa shape index (κ3) is 2.26. The van der Waals surface area contributed by atoms with Gasteiger partial charge >= 0.3 is 0 Å². The molecule has 0 heteroatoms. The topological polar surface area (TPSA) is 0 Å². The van der Waals surface area contributed by atoms with Crippen LogP contribution in [0.15, 0.2) is 0 Å². The zero-order valence-corrected chi connectivity index (χ0v) is 14.5. The van der Waals surface area contributed by atoms with Crippen molar-refractivity contribution in [1.29, 1.82) is 0 Å². The predicted octanol–water partition coefficient (Wildman–Crippen LogP) is 6.30. The Bertz CT molecular complexity index is 353. The van der Waals surface area contributed by atoms with E-state index in [0.717, 1.165) is 29.6 Å². The van der Waals surface area contributed by atoms with Gasteiger partial charge in [-0.1, -0.05) is 41.0 Å². The molecular weight excluding hydrogens is 240 g/mol. The first-order chi connectivity index (χ1) is 9.34. The van der Waals surface area contributed by atoms with Crippen molar-refractivity contribution in [2.45, 2.75) is 86.0 Å². The second-order valence-corrected chi connectivity index (χ2v) is 9.66. The second kappa shape index (κ2) is 5.03. The van der Waals surface area contributed by atoms with Crippen LogP contribution in [0.4, 0.5) is 0 Å². The van der Waals surface area contributed by atoms with Crippen LogP contribution < -0.4 is 0 Å². The SMILES string of the molecule is CC(C)[C@H]1CC[C@H]2[C@H](CC[C@H]3C(C)(C)CCC[C@]23C)C1. The van der Waals surface area contributed by atoms with E-state index in [9.17, 15) is 0 Å². The molecular formula is C20H36. The van der Waals surface area contributed by atoms with Crippen molar-refractivity contribution in [2.24, 2.45) is 40.4 Å². The van der Waals surface area contributed by atoms with Gasteiger partial charge in [0.15, 0.2) is 0 Å². The summed E-state index contributed by atoms with van der Waals surface area (Å²) < 4.78 is 0. The molecule has 116 valence electrons. The molecule has 0 bridgehead atoms. The summed E-state index contributed by atoms with van der Waals surface area (Å²) in [6, 6.07) is 0. The highest BCUT2D eigenvalue weighted by Gasteiger charge is 2.55. The first-order valence-corrected chi connectivity index (χ1v) is 9.34. The largest absolute Gasteiger partial charge is 0.0625 e. The maximum Gasteiger partial charge on any atom is -0.0261 e. The lowest BCUT2D eigenvalue weighted by molar-refractivity contribution is -0.117. The summed E-state index contributed by atoms with van der Waals surface area (Å²) in [6.07, 6.45) is 12.1. The molecule has 0 aromatic rings. The predicted molar refractivity (Wildman–Crippen MR) is 87.6 cm³/mol. The van der Waals surface area contributed by atoms with E-state index in [-0.39, 0.29) is 0 Å². The van der Waals surface area contributed by atoms with Gasteiger partial charge in [-0.2, -0.15) is 0 Å². The minimum Gasteiger partial charge on any atom is -0.0625 e. The molecule has 3 aliphatic carbocycles. The summed E-state index contributed by atoms with van der Waals surface area (Å²) in [6.45, 7) is 12.7. The van der Waals surface area contributed by atoms with E-state index in [1.807, 2.05) is 0 Å². The van der Waals surface area contributed by atoms with Crippen LogP contribution in [-0.4, -0.2) is 0 Å². The van der Waals surface area contributed by atoms with Crippen LogP contribution in [0, 0.1) is 40.4 Å². The Balaban J connectivity index is 1.81. The standard InChI is InChI=1S/C20H36/c1-14(2)15-7-9-17-16(13-15)8-10-18-19(3,4)11-6-12-20(17,18)5/h14-18H,6-13H2,1-5H3/t15-,16+,17-,18-,20+/m0/s1. The van der Waals surface area contributed by atoms with Gasteiger partial charge in [-0.3, -0.25) is 0 Å². The quantitative estimate of drug-likeness (QED) is 0.527. The first-order valence-electron chi connectivity index (χ1n) is 9.34. The summed E-state index contributed by atoms with van der Waals surface area (Å²) in [4.78, 5) is 0. The van der Waals surface area contributed by atoms with Crippen LogP contribution in [0.3, 0.4) is 0 Å². The van der Waals surface area contributed by atoms with Crippen molar-refractivity contribution in [3.8, 4) is 0 Å². The number of hydrogen-bond acceptors (Lipinski definition) is 0. The summed E-state index contributed by atoms with van der Waals surface area (Å²) in [5.41, 5.74) is 1.28. The molecule has 0 aliphatic heterocycles. The molecule has 3 rings (SSSR count). The van der Waals surface area contributed by atoms with Crippen LogP contribution in [0.25, 0.3) is 0 Å². The fourth-order valence-corrected chi connectivity index (χ4v) is 6.80. The van der Waals surface area contributed by atoms with Crippen LogP contribution >= 0.6 is 0 Å². The molecule has 0 nitrogen and oxygen atoms in total. The van der Waals surface area contributed by atoms with Crippen molar-refractivity contribution in [2.75, 3.05) is 0 Å². The number of hydrogen-bond donors (Lipinski definition) is 0. The summed E-state index contributed by atoms with van der Waals surface area (Å²) >= 11 is 0. The highest BCUT2D eigenvalue weighted by molar-refractivity contribution is 5.04. The molecule has 0 amide bonds. The lowest BCUT2D eigenvalue weighted by atomic mass is 9.44. The van der Waals surface area contributed by atoms with E-state index in [4.69, 9.17) is 0 Å². The minimum atomic E-state index is 0.604. The van der Waals surface area contributed by atoms with E-state index in [1.165, 1.54) is 44.9 Å². The Labute approximate surface area is 127 Å². The maximum atomic E-state index is 2.69. The average Bonchev–Trinajstić information content (AvgIpc) is 2.37. The van der Waals surface area contributed by atoms with Gasteiger partial charge in [0, 0.05) is 0 Å². The molecule has 0 aromatic carbocycles. The smallest absolute Gasteiger partial charge is 0.0261 e. The van der Waals surface area contributed by atoms with Gasteiger partial charge in [-0.15, -0.1) is 0 Å². The lowest BCUT2D eigenvalue weighted by Crippen LogP contribution is -2.53. The van der Waals surface area contributed by atoms with Gasteiger partial charge in [-0.05, 0) is 85.4 Å². The van der Waals surface area contributed by atoms with Crippen molar-refractivity contribution < 1.29 is 0 Å². The maximum absolute atomic E-state index is 2.69. The third-order valence-electron chi connectivity index (χ3n) is 7.91. The van der Waals surface area contributed by atoms with Crippen molar-refractivity contribution in [1.82, 2.24) is 0 Å². The zero-order chi connectivity index (χ0) is 14.5. The molecule has 3 fully saturated rings. The van der Waals surface area contributed by atoms with Gasteiger partial charge in [0.1, 0.15) is 0 Å². The highest BCUT2D eigenvalue weighted by atomic mass is 14.6. The van der Waals surface area contributed by atoms with Crippen molar-refractivity contribution >= 4 is 0 Å². The molecule has 0 N–H and O–H groups in total.